The number of aromatic nitrogens is 4. The molecular weight excluding hydrogens is 372 g/mol. The normalized spacial score (nSPS) is 11.6. The Hall–Kier alpha value is -3.19. The van der Waals surface area contributed by atoms with Crippen LogP contribution in [-0.4, -0.2) is 19.6 Å². The number of aryl methyl sites for hydroxylation is 2. The van der Waals surface area contributed by atoms with E-state index in [2.05, 4.69) is 27.3 Å². The molecule has 0 aliphatic heterocycles. The number of fused-ring (bicyclic) bond motifs is 4. The minimum absolute atomic E-state index is 0.349. The van der Waals surface area contributed by atoms with Gasteiger partial charge in [0.05, 0.1) is 0 Å². The van der Waals surface area contributed by atoms with E-state index in [9.17, 15) is 4.79 Å². The van der Waals surface area contributed by atoms with Gasteiger partial charge in [0.1, 0.15) is 5.58 Å². The maximum absolute atomic E-state index is 12.1. The fraction of sp³-hybridized carbons (Fsp3) is 0.143. The fourth-order valence-electron chi connectivity index (χ4n) is 3.57. The summed E-state index contributed by atoms with van der Waals surface area (Å²) < 4.78 is 7.38. The van der Waals surface area contributed by atoms with Crippen LogP contribution in [0.3, 0.4) is 0 Å². The topological polar surface area (TPSA) is 73.3 Å². The third-order valence-corrected chi connectivity index (χ3v) is 5.71. The lowest BCUT2D eigenvalue weighted by molar-refractivity contribution is 0.560. The molecule has 0 bridgehead atoms. The highest BCUT2D eigenvalue weighted by molar-refractivity contribution is 7.98. The summed E-state index contributed by atoms with van der Waals surface area (Å²) in [4.78, 5) is 16.5. The second-order valence-electron chi connectivity index (χ2n) is 6.70. The molecule has 28 heavy (non-hydrogen) atoms. The van der Waals surface area contributed by atoms with Crippen molar-refractivity contribution in [2.24, 2.45) is 0 Å². The van der Waals surface area contributed by atoms with E-state index in [4.69, 9.17) is 4.42 Å². The van der Waals surface area contributed by atoms with Crippen LogP contribution in [0.2, 0.25) is 0 Å². The molecule has 5 rings (SSSR count). The van der Waals surface area contributed by atoms with Crippen molar-refractivity contribution in [3.8, 4) is 0 Å². The molecule has 0 N–H and O–H groups in total. The van der Waals surface area contributed by atoms with E-state index in [1.807, 2.05) is 48.6 Å². The SMILES string of the molecule is Cc1cc(C)n2c(SCc3cc(=O)oc4ccc5ccccc5c34)nnc2n1. The number of hydrogen-bond acceptors (Lipinski definition) is 6. The van der Waals surface area contributed by atoms with Gasteiger partial charge in [-0.15, -0.1) is 10.2 Å². The molecule has 0 saturated heterocycles. The quantitative estimate of drug-likeness (QED) is 0.261. The molecule has 138 valence electrons. The highest BCUT2D eigenvalue weighted by atomic mass is 32.2. The van der Waals surface area contributed by atoms with Crippen LogP contribution >= 0.6 is 11.8 Å². The van der Waals surface area contributed by atoms with Crippen LogP contribution in [-0.2, 0) is 5.75 Å². The van der Waals surface area contributed by atoms with Gasteiger partial charge in [0.2, 0.25) is 0 Å². The molecule has 0 amide bonds. The predicted molar refractivity (Wildman–Crippen MR) is 110 cm³/mol. The van der Waals surface area contributed by atoms with Crippen LogP contribution in [0.25, 0.3) is 27.5 Å². The van der Waals surface area contributed by atoms with Gasteiger partial charge in [0.25, 0.3) is 5.78 Å². The Morgan fingerprint density at radius 3 is 2.82 bits per heavy atom. The molecule has 0 saturated carbocycles. The molecule has 3 heterocycles. The van der Waals surface area contributed by atoms with E-state index in [-0.39, 0.29) is 5.63 Å². The first-order valence-corrected chi connectivity index (χ1v) is 9.85. The van der Waals surface area contributed by atoms with E-state index in [0.717, 1.165) is 38.3 Å². The summed E-state index contributed by atoms with van der Waals surface area (Å²) in [5, 5.41) is 12.4. The third-order valence-electron chi connectivity index (χ3n) is 4.73. The third kappa shape index (κ3) is 2.75. The Morgan fingerprint density at radius 1 is 1.07 bits per heavy atom. The van der Waals surface area contributed by atoms with Crippen molar-refractivity contribution < 1.29 is 4.42 Å². The van der Waals surface area contributed by atoms with E-state index >= 15 is 0 Å². The fourth-order valence-corrected chi connectivity index (χ4v) is 4.54. The first kappa shape index (κ1) is 16.9. The number of nitrogens with zero attached hydrogens (tertiary/aromatic N) is 4. The summed E-state index contributed by atoms with van der Waals surface area (Å²) in [6.07, 6.45) is 0. The lowest BCUT2D eigenvalue weighted by atomic mass is 10.0. The first-order valence-electron chi connectivity index (χ1n) is 8.87. The Morgan fingerprint density at radius 2 is 1.93 bits per heavy atom. The molecule has 0 unspecified atom stereocenters. The van der Waals surface area contributed by atoms with E-state index in [1.165, 1.54) is 11.8 Å². The highest BCUT2D eigenvalue weighted by Gasteiger charge is 2.14. The Balaban J connectivity index is 1.63. The molecular formula is C21H16N4O2S. The van der Waals surface area contributed by atoms with Crippen LogP contribution in [0.4, 0.5) is 0 Å². The zero-order chi connectivity index (χ0) is 19.3. The Labute approximate surface area is 164 Å². The average Bonchev–Trinajstić information content (AvgIpc) is 3.08. The Kier molecular flexibility index (Phi) is 3.91. The minimum Gasteiger partial charge on any atom is -0.423 e. The summed E-state index contributed by atoms with van der Waals surface area (Å²) in [7, 11) is 0. The number of thioether (sulfide) groups is 1. The molecule has 3 aromatic heterocycles. The smallest absolute Gasteiger partial charge is 0.336 e. The van der Waals surface area contributed by atoms with Gasteiger partial charge in [0.15, 0.2) is 5.16 Å². The van der Waals surface area contributed by atoms with Crippen LogP contribution in [0.5, 0.6) is 0 Å². The van der Waals surface area contributed by atoms with Crippen LogP contribution in [0, 0.1) is 13.8 Å². The van der Waals surface area contributed by atoms with Crippen LogP contribution < -0.4 is 5.63 Å². The largest absolute Gasteiger partial charge is 0.423 e. The molecule has 7 heteroatoms. The lowest BCUT2D eigenvalue weighted by Gasteiger charge is -2.08. The first-order chi connectivity index (χ1) is 13.6. The average molecular weight is 388 g/mol. The van der Waals surface area contributed by atoms with Gasteiger partial charge in [-0.3, -0.25) is 4.40 Å². The van der Waals surface area contributed by atoms with Crippen molar-refractivity contribution in [1.82, 2.24) is 19.6 Å². The van der Waals surface area contributed by atoms with Crippen molar-refractivity contribution in [1.29, 1.82) is 0 Å². The molecule has 2 aromatic carbocycles. The molecule has 0 atom stereocenters. The zero-order valence-electron chi connectivity index (χ0n) is 15.3. The maximum Gasteiger partial charge on any atom is 0.336 e. The van der Waals surface area contributed by atoms with Crippen LogP contribution in [0.15, 0.2) is 62.9 Å². The summed E-state index contributed by atoms with van der Waals surface area (Å²) in [6, 6.07) is 15.5. The summed E-state index contributed by atoms with van der Waals surface area (Å²) in [6.45, 7) is 3.95. The highest BCUT2D eigenvalue weighted by Crippen LogP contribution is 2.31. The van der Waals surface area contributed by atoms with Crippen molar-refractivity contribution in [2.45, 2.75) is 24.8 Å². The van der Waals surface area contributed by atoms with Crippen molar-refractivity contribution in [3.05, 3.63) is 75.9 Å². The predicted octanol–water partition coefficient (Wildman–Crippen LogP) is 4.29. The van der Waals surface area contributed by atoms with Gasteiger partial charge in [-0.25, -0.2) is 9.78 Å². The molecule has 0 radical (unpaired) electrons. The van der Waals surface area contributed by atoms with E-state index < -0.39 is 0 Å². The van der Waals surface area contributed by atoms with Gasteiger partial charge in [-0.05, 0) is 42.3 Å². The van der Waals surface area contributed by atoms with Crippen molar-refractivity contribution in [2.75, 3.05) is 0 Å². The summed E-state index contributed by atoms with van der Waals surface area (Å²) >= 11 is 1.53. The number of benzene rings is 2. The summed E-state index contributed by atoms with van der Waals surface area (Å²) in [5.41, 5.74) is 3.10. The number of rotatable bonds is 3. The van der Waals surface area contributed by atoms with Gasteiger partial charge < -0.3 is 4.42 Å². The van der Waals surface area contributed by atoms with Crippen molar-refractivity contribution >= 4 is 39.3 Å². The van der Waals surface area contributed by atoms with Crippen molar-refractivity contribution in [3.63, 3.8) is 0 Å². The van der Waals surface area contributed by atoms with Gasteiger partial charge >= 0.3 is 5.63 Å². The minimum atomic E-state index is -0.349. The molecule has 0 aliphatic carbocycles. The second kappa shape index (κ2) is 6.45. The van der Waals surface area contributed by atoms with Crippen LogP contribution in [0.1, 0.15) is 17.0 Å². The molecule has 0 spiro atoms. The summed E-state index contributed by atoms with van der Waals surface area (Å²) in [5.74, 6) is 1.16. The number of hydrogen-bond donors (Lipinski definition) is 0. The Bertz CT molecular complexity index is 1420. The van der Waals surface area contributed by atoms with Gasteiger partial charge in [-0.1, -0.05) is 42.1 Å². The zero-order valence-corrected chi connectivity index (χ0v) is 16.2. The van der Waals surface area contributed by atoms with E-state index in [1.54, 1.807) is 6.07 Å². The standard InChI is InChI=1S/C21H16N4O2S/c1-12-9-13(2)25-20(22-12)23-24-21(25)28-11-15-10-18(26)27-17-8-7-14-5-3-4-6-16(14)19(15)17/h3-10H,11H2,1-2H3. The van der Waals surface area contributed by atoms with E-state index in [0.29, 0.717) is 17.1 Å². The molecule has 5 aromatic rings. The second-order valence-corrected chi connectivity index (χ2v) is 7.64. The monoisotopic (exact) mass is 388 g/mol. The molecule has 0 fully saturated rings. The maximum atomic E-state index is 12.1. The molecule has 6 nitrogen and oxygen atoms in total. The van der Waals surface area contributed by atoms with Gasteiger partial charge in [-0.2, -0.15) is 0 Å². The lowest BCUT2D eigenvalue weighted by Crippen LogP contribution is -2.01. The molecule has 0 aliphatic rings. The van der Waals surface area contributed by atoms with Gasteiger partial charge in [0, 0.05) is 28.6 Å².